The summed E-state index contributed by atoms with van der Waals surface area (Å²) in [5.41, 5.74) is 0.318. The normalized spacial score (nSPS) is 12.2. The van der Waals surface area contributed by atoms with E-state index in [4.69, 9.17) is 4.74 Å². The van der Waals surface area contributed by atoms with Gasteiger partial charge < -0.3 is 10.1 Å². The Bertz CT molecular complexity index is 341. The third-order valence-corrected chi connectivity index (χ3v) is 1.88. The molecular weight excluding hydrogens is 197 g/mol. The molecule has 1 rings (SSSR count). The molecule has 0 unspecified atom stereocenters. The van der Waals surface area contributed by atoms with Crippen LogP contribution in [0, 0.1) is 5.82 Å². The molecule has 1 aromatic rings. The summed E-state index contributed by atoms with van der Waals surface area (Å²) in [6.45, 7) is 2.25. The molecule has 0 aliphatic rings. The van der Waals surface area contributed by atoms with Gasteiger partial charge >= 0.3 is 0 Å². The summed E-state index contributed by atoms with van der Waals surface area (Å²) < 4.78 is 17.7. The first-order valence-electron chi connectivity index (χ1n) is 4.69. The van der Waals surface area contributed by atoms with Crippen LogP contribution < -0.4 is 5.32 Å². The molecule has 1 aromatic carbocycles. The highest BCUT2D eigenvalue weighted by Crippen LogP contribution is 2.03. The van der Waals surface area contributed by atoms with Crippen molar-refractivity contribution in [2.24, 2.45) is 0 Å². The van der Waals surface area contributed by atoms with Crippen LogP contribution in [0.2, 0.25) is 0 Å². The zero-order valence-corrected chi connectivity index (χ0v) is 8.79. The summed E-state index contributed by atoms with van der Waals surface area (Å²) in [4.78, 5) is 11.5. The SMILES string of the molecule is COC[C@@H](C)NC(=O)c1cccc(F)c1. The Morgan fingerprint density at radius 1 is 1.60 bits per heavy atom. The quantitative estimate of drug-likeness (QED) is 0.821. The van der Waals surface area contributed by atoms with Gasteiger partial charge in [0.2, 0.25) is 0 Å². The van der Waals surface area contributed by atoms with Crippen LogP contribution in [0.1, 0.15) is 17.3 Å². The molecule has 0 aliphatic heterocycles. The third kappa shape index (κ3) is 3.67. The molecule has 0 fully saturated rings. The molecule has 0 saturated carbocycles. The van der Waals surface area contributed by atoms with Crippen LogP contribution in [0.5, 0.6) is 0 Å². The summed E-state index contributed by atoms with van der Waals surface area (Å²) in [5.74, 6) is -0.707. The molecule has 1 amide bonds. The van der Waals surface area contributed by atoms with Gasteiger partial charge in [0, 0.05) is 18.7 Å². The van der Waals surface area contributed by atoms with E-state index in [-0.39, 0.29) is 11.9 Å². The van der Waals surface area contributed by atoms with E-state index in [1.807, 2.05) is 6.92 Å². The summed E-state index contributed by atoms with van der Waals surface area (Å²) in [5, 5.41) is 2.69. The predicted molar refractivity (Wildman–Crippen MR) is 55.2 cm³/mol. The van der Waals surface area contributed by atoms with E-state index >= 15 is 0 Å². The number of carbonyl (C=O) groups excluding carboxylic acids is 1. The zero-order valence-electron chi connectivity index (χ0n) is 8.79. The molecule has 3 nitrogen and oxygen atoms in total. The monoisotopic (exact) mass is 211 g/mol. The van der Waals surface area contributed by atoms with Crippen molar-refractivity contribution in [1.82, 2.24) is 5.32 Å². The van der Waals surface area contributed by atoms with Gasteiger partial charge in [0.25, 0.3) is 5.91 Å². The molecule has 1 atom stereocenters. The van der Waals surface area contributed by atoms with Gasteiger partial charge in [0.1, 0.15) is 5.82 Å². The maximum absolute atomic E-state index is 12.8. The minimum Gasteiger partial charge on any atom is -0.383 e. The Kier molecular flexibility index (Phi) is 4.24. The molecule has 0 aliphatic carbocycles. The van der Waals surface area contributed by atoms with Crippen LogP contribution in [0.3, 0.4) is 0 Å². The van der Waals surface area contributed by atoms with Gasteiger partial charge in [-0.05, 0) is 25.1 Å². The second-order valence-corrected chi connectivity index (χ2v) is 3.34. The molecule has 0 bridgehead atoms. The van der Waals surface area contributed by atoms with E-state index in [2.05, 4.69) is 5.32 Å². The second-order valence-electron chi connectivity index (χ2n) is 3.34. The minimum atomic E-state index is -0.415. The van der Waals surface area contributed by atoms with Crippen molar-refractivity contribution in [1.29, 1.82) is 0 Å². The van der Waals surface area contributed by atoms with E-state index in [0.717, 1.165) is 0 Å². The molecular formula is C11H14FNO2. The van der Waals surface area contributed by atoms with Crippen LogP contribution in [-0.4, -0.2) is 25.7 Å². The number of rotatable bonds is 4. The minimum absolute atomic E-state index is 0.0919. The van der Waals surface area contributed by atoms with E-state index in [1.54, 1.807) is 13.2 Å². The van der Waals surface area contributed by atoms with Gasteiger partial charge in [-0.3, -0.25) is 4.79 Å². The van der Waals surface area contributed by atoms with Crippen LogP contribution in [0.4, 0.5) is 4.39 Å². The van der Waals surface area contributed by atoms with Crippen LogP contribution in [0.15, 0.2) is 24.3 Å². The van der Waals surface area contributed by atoms with E-state index in [0.29, 0.717) is 12.2 Å². The average Bonchev–Trinajstić information content (AvgIpc) is 2.18. The Hall–Kier alpha value is -1.42. The number of amides is 1. The predicted octanol–water partition coefficient (Wildman–Crippen LogP) is 1.59. The van der Waals surface area contributed by atoms with Crippen molar-refractivity contribution < 1.29 is 13.9 Å². The standard InChI is InChI=1S/C11H14FNO2/c1-8(7-15-2)13-11(14)9-4-3-5-10(12)6-9/h3-6,8H,7H2,1-2H3,(H,13,14)/t8-/m1/s1. The molecule has 15 heavy (non-hydrogen) atoms. The smallest absolute Gasteiger partial charge is 0.251 e. The molecule has 0 saturated heterocycles. The topological polar surface area (TPSA) is 38.3 Å². The first-order valence-corrected chi connectivity index (χ1v) is 4.69. The van der Waals surface area contributed by atoms with Crippen molar-refractivity contribution in [3.8, 4) is 0 Å². The van der Waals surface area contributed by atoms with Gasteiger partial charge in [-0.1, -0.05) is 6.07 Å². The van der Waals surface area contributed by atoms with Gasteiger partial charge in [0.05, 0.1) is 6.61 Å². The van der Waals surface area contributed by atoms with Gasteiger partial charge in [-0.2, -0.15) is 0 Å². The molecule has 0 heterocycles. The lowest BCUT2D eigenvalue weighted by atomic mass is 10.2. The highest BCUT2D eigenvalue weighted by molar-refractivity contribution is 5.94. The first kappa shape index (κ1) is 11.7. The second kappa shape index (κ2) is 5.46. The van der Waals surface area contributed by atoms with E-state index in [9.17, 15) is 9.18 Å². The average molecular weight is 211 g/mol. The maximum Gasteiger partial charge on any atom is 0.251 e. The van der Waals surface area contributed by atoms with Crippen LogP contribution >= 0.6 is 0 Å². The largest absolute Gasteiger partial charge is 0.383 e. The van der Waals surface area contributed by atoms with Crippen LogP contribution in [0.25, 0.3) is 0 Å². The number of carbonyl (C=O) groups is 1. The lowest BCUT2D eigenvalue weighted by molar-refractivity contribution is 0.0905. The summed E-state index contributed by atoms with van der Waals surface area (Å²) in [7, 11) is 1.56. The highest BCUT2D eigenvalue weighted by Gasteiger charge is 2.09. The number of nitrogens with one attached hydrogen (secondary N) is 1. The summed E-state index contributed by atoms with van der Waals surface area (Å²) in [6, 6.07) is 5.48. The third-order valence-electron chi connectivity index (χ3n) is 1.88. The Morgan fingerprint density at radius 3 is 2.93 bits per heavy atom. The van der Waals surface area contributed by atoms with Gasteiger partial charge in [-0.25, -0.2) is 4.39 Å². The van der Waals surface area contributed by atoms with Gasteiger partial charge in [-0.15, -0.1) is 0 Å². The maximum atomic E-state index is 12.8. The Morgan fingerprint density at radius 2 is 2.33 bits per heavy atom. The van der Waals surface area contributed by atoms with Crippen molar-refractivity contribution >= 4 is 5.91 Å². The molecule has 1 N–H and O–H groups in total. The molecule has 4 heteroatoms. The molecule has 0 spiro atoms. The van der Waals surface area contributed by atoms with E-state index < -0.39 is 5.82 Å². The van der Waals surface area contributed by atoms with E-state index in [1.165, 1.54) is 18.2 Å². The number of hydrogen-bond acceptors (Lipinski definition) is 2. The Balaban J connectivity index is 2.61. The highest BCUT2D eigenvalue weighted by atomic mass is 19.1. The Labute approximate surface area is 88.2 Å². The number of benzene rings is 1. The first-order chi connectivity index (χ1) is 7.13. The number of ether oxygens (including phenoxy) is 1. The number of hydrogen-bond donors (Lipinski definition) is 1. The summed E-state index contributed by atoms with van der Waals surface area (Å²) in [6.07, 6.45) is 0. The van der Waals surface area contributed by atoms with Crippen molar-refractivity contribution in [3.05, 3.63) is 35.6 Å². The van der Waals surface area contributed by atoms with Crippen molar-refractivity contribution in [2.75, 3.05) is 13.7 Å². The number of methoxy groups -OCH3 is 1. The van der Waals surface area contributed by atoms with Gasteiger partial charge in [0.15, 0.2) is 0 Å². The lowest BCUT2D eigenvalue weighted by Gasteiger charge is -2.12. The molecule has 82 valence electrons. The fourth-order valence-corrected chi connectivity index (χ4v) is 1.23. The number of halogens is 1. The van der Waals surface area contributed by atoms with Crippen molar-refractivity contribution in [3.63, 3.8) is 0 Å². The molecule has 0 radical (unpaired) electrons. The van der Waals surface area contributed by atoms with Crippen molar-refractivity contribution in [2.45, 2.75) is 13.0 Å². The fourth-order valence-electron chi connectivity index (χ4n) is 1.23. The lowest BCUT2D eigenvalue weighted by Crippen LogP contribution is -2.35. The summed E-state index contributed by atoms with van der Waals surface area (Å²) >= 11 is 0. The van der Waals surface area contributed by atoms with Crippen LogP contribution in [-0.2, 0) is 4.74 Å². The zero-order chi connectivity index (χ0) is 11.3. The molecule has 0 aromatic heterocycles. The fraction of sp³-hybridized carbons (Fsp3) is 0.364.